The first-order chi connectivity index (χ1) is 10.1. The quantitative estimate of drug-likeness (QED) is 0.827. The first-order valence-electron chi connectivity index (χ1n) is 7.45. The number of halogens is 1. The van der Waals surface area contributed by atoms with Crippen LogP contribution in [0.15, 0.2) is 24.3 Å². The van der Waals surface area contributed by atoms with E-state index >= 15 is 0 Å². The number of hydrogen-bond donors (Lipinski definition) is 1. The number of aromatic nitrogens is 2. The third kappa shape index (κ3) is 3.32. The normalized spacial score (nSPS) is 10.9. The van der Waals surface area contributed by atoms with Gasteiger partial charge in [-0.3, -0.25) is 4.68 Å². The van der Waals surface area contributed by atoms with Crippen LogP contribution in [0.3, 0.4) is 0 Å². The highest BCUT2D eigenvalue weighted by Crippen LogP contribution is 2.25. The van der Waals surface area contributed by atoms with Gasteiger partial charge in [-0.05, 0) is 44.5 Å². The van der Waals surface area contributed by atoms with E-state index in [9.17, 15) is 0 Å². The predicted octanol–water partition coefficient (Wildman–Crippen LogP) is 3.73. The highest BCUT2D eigenvalue weighted by molar-refractivity contribution is 6.31. The fourth-order valence-corrected chi connectivity index (χ4v) is 2.75. The molecule has 0 aliphatic carbocycles. The van der Waals surface area contributed by atoms with Crippen LogP contribution in [-0.4, -0.2) is 16.3 Å². The third-order valence-electron chi connectivity index (χ3n) is 3.67. The predicted molar refractivity (Wildman–Crippen MR) is 89.9 cm³/mol. The van der Waals surface area contributed by atoms with E-state index in [-0.39, 0.29) is 0 Å². The maximum absolute atomic E-state index is 6.49. The Kier molecular flexibility index (Phi) is 5.12. The van der Waals surface area contributed by atoms with Crippen molar-refractivity contribution < 1.29 is 0 Å². The first kappa shape index (κ1) is 15.7. The summed E-state index contributed by atoms with van der Waals surface area (Å²) in [6, 6.07) is 7.93. The number of nitrogen functional groups attached to an aromatic ring is 1. The molecule has 21 heavy (non-hydrogen) atoms. The summed E-state index contributed by atoms with van der Waals surface area (Å²) in [4.78, 5) is 2.27. The first-order valence-corrected chi connectivity index (χ1v) is 7.82. The van der Waals surface area contributed by atoms with Crippen LogP contribution in [0.5, 0.6) is 0 Å². The van der Waals surface area contributed by atoms with Crippen molar-refractivity contribution in [3.8, 4) is 0 Å². The Morgan fingerprint density at radius 3 is 2.38 bits per heavy atom. The number of nitrogens with two attached hydrogens (primary N) is 1. The van der Waals surface area contributed by atoms with E-state index in [1.165, 1.54) is 0 Å². The molecular formula is C16H23ClN4. The molecular weight excluding hydrogens is 284 g/mol. The molecule has 0 spiro atoms. The number of anilines is 2. The topological polar surface area (TPSA) is 47.1 Å². The van der Waals surface area contributed by atoms with E-state index in [0.717, 1.165) is 53.8 Å². The molecule has 0 bridgehead atoms. The van der Waals surface area contributed by atoms with Crippen molar-refractivity contribution >= 4 is 23.0 Å². The SMILES string of the molecule is CCc1nn(CC)c(CN(CC)c2ccc(N)cc2)c1Cl. The van der Waals surface area contributed by atoms with Crippen molar-refractivity contribution in [2.45, 2.75) is 40.3 Å². The highest BCUT2D eigenvalue weighted by atomic mass is 35.5. The van der Waals surface area contributed by atoms with E-state index in [1.54, 1.807) is 0 Å². The lowest BCUT2D eigenvalue weighted by atomic mass is 10.2. The lowest BCUT2D eigenvalue weighted by molar-refractivity contribution is 0.605. The molecule has 0 atom stereocenters. The second kappa shape index (κ2) is 6.85. The summed E-state index contributed by atoms with van der Waals surface area (Å²) in [5.74, 6) is 0. The lowest BCUT2D eigenvalue weighted by Crippen LogP contribution is -2.24. The van der Waals surface area contributed by atoms with Crippen molar-refractivity contribution in [3.63, 3.8) is 0 Å². The lowest BCUT2D eigenvalue weighted by Gasteiger charge is -2.23. The van der Waals surface area contributed by atoms with E-state index in [1.807, 2.05) is 28.9 Å². The van der Waals surface area contributed by atoms with Crippen molar-refractivity contribution in [1.29, 1.82) is 0 Å². The molecule has 4 nitrogen and oxygen atoms in total. The van der Waals surface area contributed by atoms with Crippen LogP contribution in [0.1, 0.15) is 32.2 Å². The smallest absolute Gasteiger partial charge is 0.0868 e. The van der Waals surface area contributed by atoms with Gasteiger partial charge in [0.25, 0.3) is 0 Å². The zero-order valence-electron chi connectivity index (χ0n) is 12.9. The Morgan fingerprint density at radius 1 is 1.19 bits per heavy atom. The summed E-state index contributed by atoms with van der Waals surface area (Å²) < 4.78 is 2.00. The van der Waals surface area contributed by atoms with E-state index in [0.29, 0.717) is 0 Å². The Morgan fingerprint density at radius 2 is 1.86 bits per heavy atom. The standard InChI is InChI=1S/C16H23ClN4/c1-4-14-16(17)15(21(6-3)19-14)11-20(5-2)13-9-7-12(18)8-10-13/h7-10H,4-6,11,18H2,1-3H3. The van der Waals surface area contributed by atoms with E-state index in [4.69, 9.17) is 17.3 Å². The van der Waals surface area contributed by atoms with Crippen LogP contribution < -0.4 is 10.6 Å². The van der Waals surface area contributed by atoms with Crippen LogP contribution >= 0.6 is 11.6 Å². The van der Waals surface area contributed by atoms with Gasteiger partial charge in [0.05, 0.1) is 23.0 Å². The minimum atomic E-state index is 0.750. The summed E-state index contributed by atoms with van der Waals surface area (Å²) >= 11 is 6.49. The Labute approximate surface area is 131 Å². The maximum Gasteiger partial charge on any atom is 0.0868 e. The van der Waals surface area contributed by atoms with Crippen molar-refractivity contribution in [2.75, 3.05) is 17.2 Å². The fourth-order valence-electron chi connectivity index (χ4n) is 2.42. The van der Waals surface area contributed by atoms with Gasteiger partial charge in [0.2, 0.25) is 0 Å². The van der Waals surface area contributed by atoms with Crippen LogP contribution in [0.2, 0.25) is 5.02 Å². The summed E-state index contributed by atoms with van der Waals surface area (Å²) in [6.07, 6.45) is 0.854. The molecule has 0 saturated heterocycles. The highest BCUT2D eigenvalue weighted by Gasteiger charge is 2.17. The molecule has 0 radical (unpaired) electrons. The molecule has 1 aromatic heterocycles. The van der Waals surface area contributed by atoms with Crippen molar-refractivity contribution in [3.05, 3.63) is 40.7 Å². The molecule has 0 aliphatic rings. The summed E-state index contributed by atoms with van der Waals surface area (Å²) in [7, 11) is 0. The molecule has 0 aliphatic heterocycles. The number of hydrogen-bond acceptors (Lipinski definition) is 3. The van der Waals surface area contributed by atoms with Gasteiger partial charge in [-0.15, -0.1) is 0 Å². The summed E-state index contributed by atoms with van der Waals surface area (Å²) in [5, 5.41) is 5.38. The summed E-state index contributed by atoms with van der Waals surface area (Å²) in [6.45, 7) is 8.78. The molecule has 0 fully saturated rings. The molecule has 0 amide bonds. The molecule has 2 rings (SSSR count). The number of aryl methyl sites for hydroxylation is 2. The molecule has 1 heterocycles. The molecule has 2 N–H and O–H groups in total. The second-order valence-corrected chi connectivity index (χ2v) is 5.36. The van der Waals surface area contributed by atoms with Crippen LogP contribution in [0.25, 0.3) is 0 Å². The molecule has 2 aromatic rings. The van der Waals surface area contributed by atoms with Gasteiger partial charge < -0.3 is 10.6 Å². The number of rotatable bonds is 6. The van der Waals surface area contributed by atoms with Gasteiger partial charge in [-0.25, -0.2) is 0 Å². The number of benzene rings is 1. The Balaban J connectivity index is 2.30. The van der Waals surface area contributed by atoms with Crippen LogP contribution in [0.4, 0.5) is 11.4 Å². The van der Waals surface area contributed by atoms with Gasteiger partial charge in [0, 0.05) is 24.5 Å². The van der Waals surface area contributed by atoms with Crippen LogP contribution in [-0.2, 0) is 19.5 Å². The van der Waals surface area contributed by atoms with E-state index in [2.05, 4.69) is 30.8 Å². The monoisotopic (exact) mass is 306 g/mol. The van der Waals surface area contributed by atoms with Gasteiger partial charge >= 0.3 is 0 Å². The zero-order valence-corrected chi connectivity index (χ0v) is 13.7. The molecule has 5 heteroatoms. The van der Waals surface area contributed by atoms with Crippen molar-refractivity contribution in [1.82, 2.24) is 9.78 Å². The van der Waals surface area contributed by atoms with Crippen molar-refractivity contribution in [2.24, 2.45) is 0 Å². The molecule has 0 saturated carbocycles. The minimum Gasteiger partial charge on any atom is -0.399 e. The summed E-state index contributed by atoms with van der Waals surface area (Å²) in [5.41, 5.74) is 9.73. The fraction of sp³-hybridized carbons (Fsp3) is 0.438. The second-order valence-electron chi connectivity index (χ2n) is 4.98. The van der Waals surface area contributed by atoms with Gasteiger partial charge in [0.1, 0.15) is 0 Å². The van der Waals surface area contributed by atoms with E-state index < -0.39 is 0 Å². The third-order valence-corrected chi connectivity index (χ3v) is 4.11. The maximum atomic E-state index is 6.49. The van der Waals surface area contributed by atoms with Gasteiger partial charge in [-0.1, -0.05) is 18.5 Å². The Bertz CT molecular complexity index is 589. The molecule has 114 valence electrons. The van der Waals surface area contributed by atoms with Gasteiger partial charge in [0.15, 0.2) is 0 Å². The number of nitrogens with zero attached hydrogens (tertiary/aromatic N) is 3. The molecule has 0 unspecified atom stereocenters. The largest absolute Gasteiger partial charge is 0.399 e. The molecule has 1 aromatic carbocycles. The van der Waals surface area contributed by atoms with Gasteiger partial charge in [-0.2, -0.15) is 5.10 Å². The minimum absolute atomic E-state index is 0.750. The Hall–Kier alpha value is -1.68. The average Bonchev–Trinajstić information content (AvgIpc) is 2.81. The van der Waals surface area contributed by atoms with Crippen LogP contribution in [0, 0.1) is 0 Å². The zero-order chi connectivity index (χ0) is 15.4. The average molecular weight is 307 g/mol.